The van der Waals surface area contributed by atoms with Gasteiger partial charge in [0.15, 0.2) is 11.4 Å². The summed E-state index contributed by atoms with van der Waals surface area (Å²) < 4.78 is 29.0. The fraction of sp³-hybridized carbons (Fsp3) is 0.300. The largest absolute Gasteiger partial charge is 0.388 e. The van der Waals surface area contributed by atoms with E-state index in [1.807, 2.05) is 12.1 Å². The molecule has 0 N–H and O–H groups in total. The lowest BCUT2D eigenvalue weighted by Crippen LogP contribution is -2.31. The van der Waals surface area contributed by atoms with Gasteiger partial charge in [-0.1, -0.05) is 33.2 Å². The van der Waals surface area contributed by atoms with Crippen LogP contribution < -0.4 is 0 Å². The molecule has 0 amide bonds. The normalized spacial score (nSPS) is 29.6. The molecule has 1 saturated heterocycles. The Morgan fingerprint density at radius 1 is 1.41 bits per heavy atom. The third-order valence-corrected chi connectivity index (χ3v) is 4.83. The number of rotatable bonds is 1. The predicted molar refractivity (Wildman–Crippen MR) is 64.2 cm³/mol. The molecule has 0 saturated carbocycles. The molecule has 17 heavy (non-hydrogen) atoms. The lowest BCUT2D eigenvalue weighted by molar-refractivity contribution is 0.0683. The smallest absolute Gasteiger partial charge is 0.280 e. The second kappa shape index (κ2) is 3.79. The van der Waals surface area contributed by atoms with Crippen LogP contribution in [0, 0.1) is 0 Å². The first kappa shape index (κ1) is 11.2. The van der Waals surface area contributed by atoms with Crippen molar-refractivity contribution in [3.63, 3.8) is 0 Å². The van der Waals surface area contributed by atoms with Crippen LogP contribution in [0.15, 0.2) is 33.9 Å². The summed E-state index contributed by atoms with van der Waals surface area (Å²) >= 11 is 3.33. The van der Waals surface area contributed by atoms with E-state index in [0.29, 0.717) is 5.71 Å². The highest BCUT2D eigenvalue weighted by Gasteiger charge is 2.51. The van der Waals surface area contributed by atoms with Gasteiger partial charge in [-0.3, -0.25) is 4.18 Å². The average Bonchev–Trinajstić information content (AvgIpc) is 2.81. The third-order valence-electron chi connectivity index (χ3n) is 2.72. The third kappa shape index (κ3) is 1.78. The monoisotopic (exact) mass is 317 g/mol. The standard InChI is InChI=1S/C10H8BrNO4S/c11-7-3-1-2-6(4-7)9-10-8(16-12-9)5-15-17(10,13)14/h1-4,8,10H,5H2/t8-,10+/m1/s1. The maximum atomic E-state index is 11.7. The summed E-state index contributed by atoms with van der Waals surface area (Å²) in [4.78, 5) is 5.09. The Labute approximate surface area is 107 Å². The van der Waals surface area contributed by atoms with Crippen LogP contribution in [0.1, 0.15) is 5.56 Å². The summed E-state index contributed by atoms with van der Waals surface area (Å²) in [7, 11) is -3.61. The van der Waals surface area contributed by atoms with Gasteiger partial charge < -0.3 is 4.84 Å². The van der Waals surface area contributed by atoms with Crippen LogP contribution in [0.4, 0.5) is 0 Å². The Morgan fingerprint density at radius 2 is 2.24 bits per heavy atom. The number of hydrogen-bond donors (Lipinski definition) is 0. The van der Waals surface area contributed by atoms with Gasteiger partial charge >= 0.3 is 0 Å². The molecule has 2 atom stereocenters. The van der Waals surface area contributed by atoms with Crippen molar-refractivity contribution in [2.45, 2.75) is 11.4 Å². The molecule has 0 aliphatic carbocycles. The first-order valence-corrected chi connectivity index (χ1v) is 7.22. The van der Waals surface area contributed by atoms with E-state index in [0.717, 1.165) is 10.0 Å². The van der Waals surface area contributed by atoms with Crippen LogP contribution in [-0.2, 0) is 19.1 Å². The van der Waals surface area contributed by atoms with Crippen LogP contribution in [0.25, 0.3) is 0 Å². The Morgan fingerprint density at radius 3 is 3.00 bits per heavy atom. The first-order valence-electron chi connectivity index (χ1n) is 4.96. The van der Waals surface area contributed by atoms with Crippen LogP contribution in [0.3, 0.4) is 0 Å². The van der Waals surface area contributed by atoms with E-state index < -0.39 is 21.5 Å². The van der Waals surface area contributed by atoms with Crippen LogP contribution >= 0.6 is 15.9 Å². The molecule has 5 nitrogen and oxygen atoms in total. The molecule has 90 valence electrons. The quantitative estimate of drug-likeness (QED) is 0.732. The highest BCUT2D eigenvalue weighted by Crippen LogP contribution is 2.30. The molecule has 0 bridgehead atoms. The van der Waals surface area contributed by atoms with E-state index in [2.05, 4.69) is 21.1 Å². The van der Waals surface area contributed by atoms with Gasteiger partial charge in [0.05, 0.1) is 0 Å². The van der Waals surface area contributed by atoms with Crippen molar-refractivity contribution in [1.29, 1.82) is 0 Å². The molecule has 1 aromatic rings. The zero-order valence-corrected chi connectivity index (χ0v) is 10.9. The van der Waals surface area contributed by atoms with E-state index in [1.54, 1.807) is 12.1 Å². The van der Waals surface area contributed by atoms with Gasteiger partial charge in [0.2, 0.25) is 0 Å². The topological polar surface area (TPSA) is 65.0 Å². The summed E-state index contributed by atoms with van der Waals surface area (Å²) in [5.74, 6) is 0. The molecular weight excluding hydrogens is 310 g/mol. The van der Waals surface area contributed by atoms with Crippen molar-refractivity contribution in [3.05, 3.63) is 34.3 Å². The minimum atomic E-state index is -3.61. The van der Waals surface area contributed by atoms with E-state index in [9.17, 15) is 8.42 Å². The van der Waals surface area contributed by atoms with Gasteiger partial charge in [-0.2, -0.15) is 8.42 Å². The minimum Gasteiger partial charge on any atom is -0.388 e. The summed E-state index contributed by atoms with van der Waals surface area (Å²) in [5.41, 5.74) is 1.13. The highest BCUT2D eigenvalue weighted by molar-refractivity contribution is 9.10. The lowest BCUT2D eigenvalue weighted by atomic mass is 10.1. The van der Waals surface area contributed by atoms with Gasteiger partial charge in [0, 0.05) is 10.0 Å². The number of oxime groups is 1. The number of nitrogens with zero attached hydrogens (tertiary/aromatic N) is 1. The van der Waals surface area contributed by atoms with Gasteiger partial charge in [-0.15, -0.1) is 0 Å². The Hall–Kier alpha value is -0.920. The van der Waals surface area contributed by atoms with Crippen LogP contribution in [-0.4, -0.2) is 32.1 Å². The van der Waals surface area contributed by atoms with E-state index in [4.69, 9.17) is 9.02 Å². The van der Waals surface area contributed by atoms with Crippen molar-refractivity contribution >= 4 is 31.8 Å². The second-order valence-corrected chi connectivity index (χ2v) is 6.47. The van der Waals surface area contributed by atoms with Crippen molar-refractivity contribution < 1.29 is 17.4 Å². The van der Waals surface area contributed by atoms with Crippen molar-refractivity contribution in [2.24, 2.45) is 5.16 Å². The van der Waals surface area contributed by atoms with Gasteiger partial charge in [0.1, 0.15) is 12.3 Å². The zero-order chi connectivity index (χ0) is 12.0. The molecule has 0 aromatic heterocycles. The summed E-state index contributed by atoms with van der Waals surface area (Å²) in [6, 6.07) is 7.27. The molecule has 2 heterocycles. The number of fused-ring (bicyclic) bond motifs is 1. The van der Waals surface area contributed by atoms with Crippen molar-refractivity contribution in [1.82, 2.24) is 0 Å². The van der Waals surface area contributed by atoms with E-state index in [1.165, 1.54) is 0 Å². The predicted octanol–water partition coefficient (Wildman–Crippen LogP) is 1.28. The fourth-order valence-corrected chi connectivity index (χ4v) is 3.77. The minimum absolute atomic E-state index is 0.0357. The van der Waals surface area contributed by atoms with Gasteiger partial charge in [0.25, 0.3) is 10.1 Å². The van der Waals surface area contributed by atoms with Gasteiger partial charge in [-0.05, 0) is 12.1 Å². The Balaban J connectivity index is 2.05. The maximum absolute atomic E-state index is 11.7. The van der Waals surface area contributed by atoms with Crippen LogP contribution in [0.5, 0.6) is 0 Å². The van der Waals surface area contributed by atoms with Crippen molar-refractivity contribution in [2.75, 3.05) is 6.61 Å². The molecule has 2 aliphatic heterocycles. The summed E-state index contributed by atoms with van der Waals surface area (Å²) in [6.45, 7) is 0.0357. The molecule has 3 rings (SSSR count). The number of benzene rings is 1. The summed E-state index contributed by atoms with van der Waals surface area (Å²) in [6.07, 6.45) is -0.519. The zero-order valence-electron chi connectivity index (χ0n) is 8.54. The molecule has 0 spiro atoms. The van der Waals surface area contributed by atoms with Crippen molar-refractivity contribution in [3.8, 4) is 0 Å². The van der Waals surface area contributed by atoms with Crippen LogP contribution in [0.2, 0.25) is 0 Å². The molecule has 2 aliphatic rings. The molecule has 7 heteroatoms. The number of halogens is 1. The maximum Gasteiger partial charge on any atom is 0.280 e. The Bertz CT molecular complexity index is 598. The first-order chi connectivity index (χ1) is 8.08. The lowest BCUT2D eigenvalue weighted by Gasteiger charge is -2.06. The Kier molecular flexibility index (Phi) is 2.49. The fourth-order valence-electron chi connectivity index (χ4n) is 1.95. The molecular formula is C10H8BrNO4S. The SMILES string of the molecule is O=S1(=O)OC[C@H]2ON=C(c3cccc(Br)c3)[C@H]21. The number of hydrogen-bond acceptors (Lipinski definition) is 5. The molecule has 1 fully saturated rings. The van der Waals surface area contributed by atoms with E-state index >= 15 is 0 Å². The van der Waals surface area contributed by atoms with E-state index in [-0.39, 0.29) is 6.61 Å². The van der Waals surface area contributed by atoms with Gasteiger partial charge in [-0.25, -0.2) is 0 Å². The highest BCUT2D eigenvalue weighted by atomic mass is 79.9. The second-order valence-electron chi connectivity index (χ2n) is 3.83. The average molecular weight is 318 g/mol. The summed E-state index contributed by atoms with van der Waals surface area (Å²) in [5, 5.41) is 3.06. The molecule has 0 radical (unpaired) electrons. The molecule has 0 unspecified atom stereocenters. The molecule has 1 aromatic carbocycles.